The predicted octanol–water partition coefficient (Wildman–Crippen LogP) is 1.67. The van der Waals surface area contributed by atoms with Crippen molar-refractivity contribution in [2.75, 3.05) is 6.61 Å². The smallest absolute Gasteiger partial charge is 0.359 e. The maximum absolute atomic E-state index is 11.5. The Morgan fingerprint density at radius 1 is 1.67 bits per heavy atom. The standard InChI is InChI=1S/C9H8BrN3O2/c1-2-15-8(14)7-6-5-11-3-4-13(6)9(10)12-7/h3-5H,2H2,1H3. The molecular weight excluding hydrogens is 262 g/mol. The number of hydrogen-bond donors (Lipinski definition) is 0. The van der Waals surface area contributed by atoms with Gasteiger partial charge in [-0.3, -0.25) is 9.38 Å². The van der Waals surface area contributed by atoms with Crippen molar-refractivity contribution in [2.45, 2.75) is 6.92 Å². The van der Waals surface area contributed by atoms with E-state index in [0.29, 0.717) is 16.9 Å². The van der Waals surface area contributed by atoms with Gasteiger partial charge in [-0.25, -0.2) is 9.78 Å². The molecule has 6 heteroatoms. The predicted molar refractivity (Wildman–Crippen MR) is 56.6 cm³/mol. The fourth-order valence-electron chi connectivity index (χ4n) is 1.25. The van der Waals surface area contributed by atoms with Gasteiger partial charge in [-0.2, -0.15) is 0 Å². The van der Waals surface area contributed by atoms with E-state index in [9.17, 15) is 4.79 Å². The summed E-state index contributed by atoms with van der Waals surface area (Å²) in [4.78, 5) is 19.5. The Morgan fingerprint density at radius 2 is 2.47 bits per heavy atom. The molecule has 2 heterocycles. The van der Waals surface area contributed by atoms with Crippen LogP contribution in [0, 0.1) is 0 Å². The Hall–Kier alpha value is -1.43. The molecule has 0 aromatic carbocycles. The largest absolute Gasteiger partial charge is 0.461 e. The van der Waals surface area contributed by atoms with Crippen LogP contribution in [0.1, 0.15) is 17.4 Å². The highest BCUT2D eigenvalue weighted by Gasteiger charge is 2.16. The van der Waals surface area contributed by atoms with Crippen LogP contribution in [-0.2, 0) is 4.74 Å². The van der Waals surface area contributed by atoms with E-state index in [-0.39, 0.29) is 5.69 Å². The molecule has 2 aromatic rings. The van der Waals surface area contributed by atoms with Gasteiger partial charge in [-0.1, -0.05) is 0 Å². The van der Waals surface area contributed by atoms with Gasteiger partial charge in [-0.15, -0.1) is 0 Å². The van der Waals surface area contributed by atoms with Gasteiger partial charge in [0, 0.05) is 12.4 Å². The van der Waals surface area contributed by atoms with Crippen LogP contribution in [0.2, 0.25) is 0 Å². The molecule has 0 aliphatic heterocycles. The number of halogens is 1. The van der Waals surface area contributed by atoms with Crippen LogP contribution >= 0.6 is 15.9 Å². The maximum Gasteiger partial charge on any atom is 0.359 e. The number of imidazole rings is 1. The molecule has 0 aliphatic carbocycles. The van der Waals surface area contributed by atoms with Gasteiger partial charge in [0.05, 0.1) is 18.3 Å². The highest BCUT2D eigenvalue weighted by Crippen LogP contribution is 2.16. The summed E-state index contributed by atoms with van der Waals surface area (Å²) in [6.45, 7) is 2.08. The van der Waals surface area contributed by atoms with E-state index in [0.717, 1.165) is 0 Å². The fraction of sp³-hybridized carbons (Fsp3) is 0.222. The van der Waals surface area contributed by atoms with Crippen LogP contribution in [0.5, 0.6) is 0 Å². The van der Waals surface area contributed by atoms with E-state index in [1.807, 2.05) is 0 Å². The minimum absolute atomic E-state index is 0.275. The van der Waals surface area contributed by atoms with Crippen molar-refractivity contribution in [3.8, 4) is 0 Å². The number of fused-ring (bicyclic) bond motifs is 1. The monoisotopic (exact) mass is 269 g/mol. The zero-order valence-electron chi connectivity index (χ0n) is 7.98. The summed E-state index contributed by atoms with van der Waals surface area (Å²) in [5, 5.41) is 0. The number of carbonyl (C=O) groups excluding carboxylic acids is 1. The summed E-state index contributed by atoms with van der Waals surface area (Å²) in [6, 6.07) is 0. The second-order valence-electron chi connectivity index (χ2n) is 2.78. The van der Waals surface area contributed by atoms with E-state index < -0.39 is 5.97 Å². The van der Waals surface area contributed by atoms with Crippen LogP contribution in [0.25, 0.3) is 5.52 Å². The van der Waals surface area contributed by atoms with Crippen molar-refractivity contribution in [2.24, 2.45) is 0 Å². The minimum atomic E-state index is -0.436. The van der Waals surface area contributed by atoms with Crippen LogP contribution in [0.4, 0.5) is 0 Å². The summed E-state index contributed by atoms with van der Waals surface area (Å²) < 4.78 is 7.17. The lowest BCUT2D eigenvalue weighted by atomic mass is 10.4. The first-order chi connectivity index (χ1) is 7.24. The second-order valence-corrected chi connectivity index (χ2v) is 3.49. The van der Waals surface area contributed by atoms with Crippen LogP contribution in [-0.4, -0.2) is 26.9 Å². The first-order valence-electron chi connectivity index (χ1n) is 4.38. The van der Waals surface area contributed by atoms with Gasteiger partial charge in [0.2, 0.25) is 0 Å². The molecule has 0 amide bonds. The molecule has 2 aromatic heterocycles. The molecule has 0 unspecified atom stereocenters. The van der Waals surface area contributed by atoms with Crippen molar-refractivity contribution in [3.05, 3.63) is 29.0 Å². The number of carbonyl (C=O) groups is 1. The zero-order valence-corrected chi connectivity index (χ0v) is 9.56. The molecule has 0 bridgehead atoms. The molecule has 15 heavy (non-hydrogen) atoms. The number of ether oxygens (including phenoxy) is 1. The second kappa shape index (κ2) is 3.98. The topological polar surface area (TPSA) is 56.5 Å². The highest BCUT2D eigenvalue weighted by molar-refractivity contribution is 9.10. The van der Waals surface area contributed by atoms with Gasteiger partial charge < -0.3 is 4.74 Å². The first-order valence-corrected chi connectivity index (χ1v) is 5.18. The molecule has 0 saturated heterocycles. The third kappa shape index (κ3) is 1.72. The van der Waals surface area contributed by atoms with E-state index in [1.165, 1.54) is 0 Å². The lowest BCUT2D eigenvalue weighted by molar-refractivity contribution is 0.0522. The van der Waals surface area contributed by atoms with Crippen molar-refractivity contribution < 1.29 is 9.53 Å². The molecule has 0 atom stereocenters. The Kier molecular flexibility index (Phi) is 2.68. The van der Waals surface area contributed by atoms with Crippen LogP contribution in [0.15, 0.2) is 23.3 Å². The number of nitrogens with zero attached hydrogens (tertiary/aromatic N) is 3. The molecule has 0 N–H and O–H groups in total. The summed E-state index contributed by atoms with van der Waals surface area (Å²) in [5.74, 6) is -0.436. The molecule has 5 nitrogen and oxygen atoms in total. The number of esters is 1. The van der Waals surface area contributed by atoms with E-state index >= 15 is 0 Å². The summed E-state index contributed by atoms with van der Waals surface area (Å²) in [6.07, 6.45) is 4.91. The molecule has 0 spiro atoms. The van der Waals surface area contributed by atoms with Gasteiger partial charge in [0.25, 0.3) is 0 Å². The minimum Gasteiger partial charge on any atom is -0.461 e. The molecular formula is C9H8BrN3O2. The Bertz CT molecular complexity index is 509. The Labute approximate surface area is 94.2 Å². The number of rotatable bonds is 2. The van der Waals surface area contributed by atoms with Crippen molar-refractivity contribution >= 4 is 27.4 Å². The third-order valence-corrected chi connectivity index (χ3v) is 2.43. The third-order valence-electron chi connectivity index (χ3n) is 1.87. The fourth-order valence-corrected chi connectivity index (χ4v) is 1.74. The normalized spacial score (nSPS) is 10.5. The molecule has 0 aliphatic rings. The van der Waals surface area contributed by atoms with Crippen LogP contribution in [0.3, 0.4) is 0 Å². The van der Waals surface area contributed by atoms with E-state index in [1.54, 1.807) is 29.9 Å². The lowest BCUT2D eigenvalue weighted by Gasteiger charge is -1.97. The van der Waals surface area contributed by atoms with Crippen molar-refractivity contribution in [1.29, 1.82) is 0 Å². The zero-order chi connectivity index (χ0) is 10.8. The van der Waals surface area contributed by atoms with Crippen LogP contribution < -0.4 is 0 Å². The average Bonchev–Trinajstić information content (AvgIpc) is 2.58. The van der Waals surface area contributed by atoms with Gasteiger partial charge in [0.15, 0.2) is 10.4 Å². The average molecular weight is 270 g/mol. The molecule has 78 valence electrons. The molecule has 0 fully saturated rings. The molecule has 0 saturated carbocycles. The molecule has 0 radical (unpaired) electrons. The summed E-state index contributed by atoms with van der Waals surface area (Å²) in [5.41, 5.74) is 0.902. The summed E-state index contributed by atoms with van der Waals surface area (Å²) in [7, 11) is 0. The summed E-state index contributed by atoms with van der Waals surface area (Å²) >= 11 is 3.25. The van der Waals surface area contributed by atoms with E-state index in [2.05, 4.69) is 25.9 Å². The number of aromatic nitrogens is 3. The first kappa shape index (κ1) is 10.1. The Morgan fingerprint density at radius 3 is 3.20 bits per heavy atom. The van der Waals surface area contributed by atoms with E-state index in [4.69, 9.17) is 4.74 Å². The van der Waals surface area contributed by atoms with Gasteiger partial charge >= 0.3 is 5.97 Å². The highest BCUT2D eigenvalue weighted by atomic mass is 79.9. The SMILES string of the molecule is CCOC(=O)c1nc(Br)n2ccncc12. The lowest BCUT2D eigenvalue weighted by Crippen LogP contribution is -2.05. The van der Waals surface area contributed by atoms with Gasteiger partial charge in [0.1, 0.15) is 0 Å². The quantitative estimate of drug-likeness (QED) is 0.779. The maximum atomic E-state index is 11.5. The Balaban J connectivity index is 2.57. The molecule has 2 rings (SSSR count). The van der Waals surface area contributed by atoms with Crippen molar-refractivity contribution in [1.82, 2.24) is 14.4 Å². The van der Waals surface area contributed by atoms with Crippen molar-refractivity contribution in [3.63, 3.8) is 0 Å². The van der Waals surface area contributed by atoms with Gasteiger partial charge in [-0.05, 0) is 22.9 Å². The number of hydrogen-bond acceptors (Lipinski definition) is 4.